The Labute approximate surface area is 149 Å². The van der Waals surface area contributed by atoms with Crippen LogP contribution in [0, 0.1) is 0 Å². The lowest BCUT2D eigenvalue weighted by atomic mass is 9.86. The van der Waals surface area contributed by atoms with E-state index in [0.717, 1.165) is 11.8 Å². The van der Waals surface area contributed by atoms with E-state index in [1.165, 1.54) is 62.5 Å². The topological polar surface area (TPSA) is 0 Å². The smallest absolute Gasteiger partial charge is 0.0162 e. The fraction of sp³-hybridized carbons (Fsp3) is 0.500. The van der Waals surface area contributed by atoms with E-state index in [-0.39, 0.29) is 0 Å². The second-order valence-electron chi connectivity index (χ2n) is 7.08. The third kappa shape index (κ3) is 6.15. The lowest BCUT2D eigenvalue weighted by Gasteiger charge is -2.19. The Balaban J connectivity index is 1.83. The average Bonchev–Trinajstić information content (AvgIpc) is 2.64. The molecule has 0 nitrogen and oxygen atoms in total. The summed E-state index contributed by atoms with van der Waals surface area (Å²) in [5.74, 6) is 1.50. The quantitative estimate of drug-likeness (QED) is 0.371. The molecule has 2 aromatic rings. The van der Waals surface area contributed by atoms with Crippen molar-refractivity contribution < 1.29 is 0 Å². The van der Waals surface area contributed by atoms with Gasteiger partial charge in [-0.2, -0.15) is 0 Å². The van der Waals surface area contributed by atoms with Gasteiger partial charge in [0.05, 0.1) is 0 Å². The molecule has 2 aromatic carbocycles. The van der Waals surface area contributed by atoms with Gasteiger partial charge in [-0.25, -0.2) is 0 Å². The normalized spacial score (nSPS) is 13.6. The van der Waals surface area contributed by atoms with Crippen LogP contribution in [0.5, 0.6) is 0 Å². The minimum Gasteiger partial charge on any atom is -0.0654 e. The van der Waals surface area contributed by atoms with Gasteiger partial charge < -0.3 is 0 Å². The number of hydrogen-bond donors (Lipinski definition) is 0. The Morgan fingerprint density at radius 3 is 1.25 bits per heavy atom. The number of unbranched alkanes of at least 4 members (excludes halogenated alkanes) is 1. The van der Waals surface area contributed by atoms with Gasteiger partial charge >= 0.3 is 0 Å². The van der Waals surface area contributed by atoms with E-state index >= 15 is 0 Å². The molecular weight excluding hydrogens is 288 g/mol. The van der Waals surface area contributed by atoms with Gasteiger partial charge in [0.25, 0.3) is 0 Å². The van der Waals surface area contributed by atoms with E-state index in [9.17, 15) is 0 Å². The molecule has 0 aliphatic heterocycles. The predicted molar refractivity (Wildman–Crippen MR) is 107 cm³/mol. The molecule has 0 saturated carbocycles. The Morgan fingerprint density at radius 2 is 0.917 bits per heavy atom. The first-order valence-corrected chi connectivity index (χ1v) is 9.95. The minimum absolute atomic E-state index is 0.748. The molecule has 0 saturated heterocycles. The van der Waals surface area contributed by atoms with Crippen LogP contribution < -0.4 is 0 Å². The highest BCUT2D eigenvalue weighted by Crippen LogP contribution is 2.30. The van der Waals surface area contributed by atoms with Gasteiger partial charge in [0.1, 0.15) is 0 Å². The molecule has 0 aliphatic carbocycles. The van der Waals surface area contributed by atoms with Gasteiger partial charge in [-0.05, 0) is 48.6 Å². The summed E-state index contributed by atoms with van der Waals surface area (Å²) in [6.45, 7) is 4.62. The summed E-state index contributed by atoms with van der Waals surface area (Å²) in [7, 11) is 0. The van der Waals surface area contributed by atoms with Crippen molar-refractivity contribution in [2.24, 2.45) is 0 Å². The zero-order valence-electron chi connectivity index (χ0n) is 15.6. The highest BCUT2D eigenvalue weighted by molar-refractivity contribution is 5.20. The molecule has 130 valence electrons. The van der Waals surface area contributed by atoms with Gasteiger partial charge in [0.15, 0.2) is 0 Å². The van der Waals surface area contributed by atoms with Crippen LogP contribution in [0.25, 0.3) is 0 Å². The molecule has 0 bridgehead atoms. The van der Waals surface area contributed by atoms with Crippen LogP contribution in [0.2, 0.25) is 0 Å². The van der Waals surface area contributed by atoms with Gasteiger partial charge in [-0.15, -0.1) is 0 Å². The van der Waals surface area contributed by atoms with Gasteiger partial charge in [0.2, 0.25) is 0 Å². The minimum atomic E-state index is 0.748. The van der Waals surface area contributed by atoms with Gasteiger partial charge in [-0.3, -0.25) is 0 Å². The van der Waals surface area contributed by atoms with Gasteiger partial charge in [0, 0.05) is 0 Å². The Kier molecular flexibility index (Phi) is 8.66. The summed E-state index contributed by atoms with van der Waals surface area (Å²) in [4.78, 5) is 0. The summed E-state index contributed by atoms with van der Waals surface area (Å²) >= 11 is 0. The highest BCUT2D eigenvalue weighted by atomic mass is 14.2. The average molecular weight is 323 g/mol. The first-order valence-electron chi connectivity index (χ1n) is 9.95. The summed E-state index contributed by atoms with van der Waals surface area (Å²) in [5.41, 5.74) is 3.07. The molecule has 2 unspecified atom stereocenters. The van der Waals surface area contributed by atoms with Crippen molar-refractivity contribution in [3.63, 3.8) is 0 Å². The van der Waals surface area contributed by atoms with Crippen molar-refractivity contribution in [3.8, 4) is 0 Å². The molecule has 0 spiro atoms. The first kappa shape index (κ1) is 18.8. The van der Waals surface area contributed by atoms with Crippen LogP contribution in [-0.4, -0.2) is 0 Å². The van der Waals surface area contributed by atoms with E-state index in [1.807, 2.05) is 0 Å². The Bertz CT molecular complexity index is 477. The number of rotatable bonds is 11. The first-order chi connectivity index (χ1) is 11.8. The maximum Gasteiger partial charge on any atom is -0.0162 e. The molecular formula is C24H34. The van der Waals surface area contributed by atoms with Crippen LogP contribution >= 0.6 is 0 Å². The third-order valence-corrected chi connectivity index (χ3v) is 5.17. The lowest BCUT2D eigenvalue weighted by Crippen LogP contribution is -2.01. The molecule has 24 heavy (non-hydrogen) atoms. The monoisotopic (exact) mass is 322 g/mol. The summed E-state index contributed by atoms with van der Waals surface area (Å²) in [6.07, 6.45) is 10.6. The highest BCUT2D eigenvalue weighted by Gasteiger charge is 2.13. The summed E-state index contributed by atoms with van der Waals surface area (Å²) < 4.78 is 0. The standard InChI is InChI=1S/C24H34/c1-3-13-21(23-15-7-5-8-16-23)19-11-12-20-22(14-4-2)24-17-9-6-10-18-24/h5-10,15-18,21-22H,3-4,11-14,19-20H2,1-2H3. The van der Waals surface area contributed by atoms with Crippen LogP contribution in [0.3, 0.4) is 0 Å². The molecule has 0 N–H and O–H groups in total. The van der Waals surface area contributed by atoms with Crippen molar-refractivity contribution >= 4 is 0 Å². The fourth-order valence-corrected chi connectivity index (χ4v) is 3.88. The zero-order chi connectivity index (χ0) is 17.0. The van der Waals surface area contributed by atoms with Crippen molar-refractivity contribution in [2.45, 2.75) is 77.0 Å². The van der Waals surface area contributed by atoms with E-state index in [1.54, 1.807) is 0 Å². The molecule has 0 heteroatoms. The molecule has 0 aromatic heterocycles. The molecule has 0 radical (unpaired) electrons. The Morgan fingerprint density at radius 1 is 0.542 bits per heavy atom. The molecule has 0 amide bonds. The van der Waals surface area contributed by atoms with Crippen LogP contribution in [0.4, 0.5) is 0 Å². The van der Waals surface area contributed by atoms with Crippen LogP contribution in [0.1, 0.15) is 88.2 Å². The van der Waals surface area contributed by atoms with Crippen LogP contribution in [0.15, 0.2) is 60.7 Å². The van der Waals surface area contributed by atoms with Crippen molar-refractivity contribution in [1.82, 2.24) is 0 Å². The lowest BCUT2D eigenvalue weighted by molar-refractivity contribution is 0.486. The second kappa shape index (κ2) is 11.1. The third-order valence-electron chi connectivity index (χ3n) is 5.17. The molecule has 2 rings (SSSR count). The fourth-order valence-electron chi connectivity index (χ4n) is 3.88. The van der Waals surface area contributed by atoms with Gasteiger partial charge in [-0.1, -0.05) is 100 Å². The number of hydrogen-bond acceptors (Lipinski definition) is 0. The van der Waals surface area contributed by atoms with Crippen molar-refractivity contribution in [3.05, 3.63) is 71.8 Å². The largest absolute Gasteiger partial charge is 0.0654 e. The maximum atomic E-state index is 2.31. The number of benzene rings is 2. The van der Waals surface area contributed by atoms with E-state index in [0.29, 0.717) is 0 Å². The molecule has 0 aliphatic rings. The van der Waals surface area contributed by atoms with E-state index in [4.69, 9.17) is 0 Å². The van der Waals surface area contributed by atoms with E-state index in [2.05, 4.69) is 74.5 Å². The maximum absolute atomic E-state index is 2.31. The molecule has 0 heterocycles. The summed E-state index contributed by atoms with van der Waals surface area (Å²) in [6, 6.07) is 22.2. The van der Waals surface area contributed by atoms with E-state index < -0.39 is 0 Å². The van der Waals surface area contributed by atoms with Crippen LogP contribution in [-0.2, 0) is 0 Å². The summed E-state index contributed by atoms with van der Waals surface area (Å²) in [5, 5.41) is 0. The van der Waals surface area contributed by atoms with Crippen molar-refractivity contribution in [2.75, 3.05) is 0 Å². The predicted octanol–water partition coefficient (Wildman–Crippen LogP) is 7.71. The Hall–Kier alpha value is -1.56. The molecule has 2 atom stereocenters. The molecule has 0 fully saturated rings. The zero-order valence-corrected chi connectivity index (χ0v) is 15.6. The SMILES string of the molecule is CCCC(CCCCC(CCC)c1ccccc1)c1ccccc1. The van der Waals surface area contributed by atoms with Crippen molar-refractivity contribution in [1.29, 1.82) is 0 Å². The second-order valence-corrected chi connectivity index (χ2v) is 7.08.